The minimum Gasteiger partial charge on any atom is -0.466 e. The highest BCUT2D eigenvalue weighted by Gasteiger charge is 1.87. The average molecular weight is 194 g/mol. The molecule has 0 aromatic rings. The highest BCUT2D eigenvalue weighted by atomic mass is 16.5. The van der Waals surface area contributed by atoms with Crippen LogP contribution in [-0.4, -0.2) is 13.1 Å². The SMILES string of the molecule is C=CCCC/C=C/C/C=C/C(=O)OC. The van der Waals surface area contributed by atoms with Gasteiger partial charge in [-0.25, -0.2) is 4.79 Å². The van der Waals surface area contributed by atoms with E-state index in [-0.39, 0.29) is 5.97 Å². The molecule has 0 rings (SSSR count). The zero-order chi connectivity index (χ0) is 10.6. The molecule has 0 heterocycles. The summed E-state index contributed by atoms with van der Waals surface area (Å²) in [5.41, 5.74) is 0. The second-order valence-corrected chi connectivity index (χ2v) is 2.85. The van der Waals surface area contributed by atoms with Gasteiger partial charge in [0.2, 0.25) is 0 Å². The topological polar surface area (TPSA) is 26.3 Å². The molecule has 0 aromatic heterocycles. The Morgan fingerprint density at radius 2 is 2.07 bits per heavy atom. The van der Waals surface area contributed by atoms with Crippen molar-refractivity contribution in [1.29, 1.82) is 0 Å². The molecule has 14 heavy (non-hydrogen) atoms. The zero-order valence-electron chi connectivity index (χ0n) is 8.74. The van der Waals surface area contributed by atoms with Gasteiger partial charge in [-0.05, 0) is 25.7 Å². The van der Waals surface area contributed by atoms with E-state index in [0.29, 0.717) is 0 Å². The van der Waals surface area contributed by atoms with Crippen LogP contribution >= 0.6 is 0 Å². The number of unbranched alkanes of at least 4 members (excludes halogenated alkanes) is 2. The fourth-order valence-electron chi connectivity index (χ4n) is 0.905. The lowest BCUT2D eigenvalue weighted by Crippen LogP contribution is -1.92. The number of carbonyl (C=O) groups excluding carboxylic acids is 1. The van der Waals surface area contributed by atoms with Crippen LogP contribution in [0.3, 0.4) is 0 Å². The molecule has 0 atom stereocenters. The summed E-state index contributed by atoms with van der Waals surface area (Å²) >= 11 is 0. The van der Waals surface area contributed by atoms with Gasteiger partial charge in [0.1, 0.15) is 0 Å². The van der Waals surface area contributed by atoms with E-state index in [4.69, 9.17) is 0 Å². The molecule has 78 valence electrons. The van der Waals surface area contributed by atoms with Gasteiger partial charge in [-0.1, -0.05) is 24.3 Å². The van der Waals surface area contributed by atoms with Crippen molar-refractivity contribution in [1.82, 2.24) is 0 Å². The Labute approximate surface area is 86.0 Å². The number of carbonyl (C=O) groups is 1. The molecule has 0 spiro atoms. The summed E-state index contributed by atoms with van der Waals surface area (Å²) in [4.78, 5) is 10.6. The average Bonchev–Trinajstić information content (AvgIpc) is 2.21. The molecule has 0 fully saturated rings. The fraction of sp³-hybridized carbons (Fsp3) is 0.417. The standard InChI is InChI=1S/C12H18O2/c1-3-4-5-6-7-8-9-10-11-12(13)14-2/h3,7-8,10-11H,1,4-6,9H2,2H3/b8-7+,11-10+. The van der Waals surface area contributed by atoms with Crippen molar-refractivity contribution in [3.63, 3.8) is 0 Å². The van der Waals surface area contributed by atoms with Gasteiger partial charge >= 0.3 is 5.97 Å². The summed E-state index contributed by atoms with van der Waals surface area (Å²) in [7, 11) is 1.37. The lowest BCUT2D eigenvalue weighted by Gasteiger charge is -1.89. The predicted octanol–water partition coefficient (Wildman–Crippen LogP) is 3.02. The van der Waals surface area contributed by atoms with Crippen molar-refractivity contribution < 1.29 is 9.53 Å². The number of allylic oxidation sites excluding steroid dienone is 4. The maximum Gasteiger partial charge on any atom is 0.330 e. The van der Waals surface area contributed by atoms with Crippen molar-refractivity contribution >= 4 is 5.97 Å². The second kappa shape index (κ2) is 9.78. The van der Waals surface area contributed by atoms with Gasteiger partial charge in [0.05, 0.1) is 7.11 Å². The fourth-order valence-corrected chi connectivity index (χ4v) is 0.905. The van der Waals surface area contributed by atoms with Crippen LogP contribution in [-0.2, 0) is 9.53 Å². The Bertz CT molecular complexity index is 214. The summed E-state index contributed by atoms with van der Waals surface area (Å²) in [6.07, 6.45) is 13.4. The molecule has 0 aliphatic heterocycles. The third-order valence-electron chi connectivity index (χ3n) is 1.67. The lowest BCUT2D eigenvalue weighted by atomic mass is 10.2. The van der Waals surface area contributed by atoms with Crippen LogP contribution in [0.25, 0.3) is 0 Å². The first kappa shape index (κ1) is 12.7. The number of hydrogen-bond donors (Lipinski definition) is 0. The first-order valence-electron chi connectivity index (χ1n) is 4.81. The quantitative estimate of drug-likeness (QED) is 0.269. The van der Waals surface area contributed by atoms with Gasteiger partial charge in [-0.2, -0.15) is 0 Å². The van der Waals surface area contributed by atoms with Gasteiger partial charge in [0.15, 0.2) is 0 Å². The smallest absolute Gasteiger partial charge is 0.330 e. The van der Waals surface area contributed by atoms with E-state index in [9.17, 15) is 4.79 Å². The molecule has 0 unspecified atom stereocenters. The van der Waals surface area contributed by atoms with Crippen LogP contribution in [0, 0.1) is 0 Å². The number of methoxy groups -OCH3 is 1. The van der Waals surface area contributed by atoms with Gasteiger partial charge in [-0.3, -0.25) is 0 Å². The molecular formula is C12H18O2. The summed E-state index contributed by atoms with van der Waals surface area (Å²) in [6, 6.07) is 0. The van der Waals surface area contributed by atoms with E-state index in [2.05, 4.69) is 17.4 Å². The van der Waals surface area contributed by atoms with Crippen molar-refractivity contribution in [3.8, 4) is 0 Å². The third kappa shape index (κ3) is 8.78. The largest absolute Gasteiger partial charge is 0.466 e. The van der Waals surface area contributed by atoms with Crippen LogP contribution in [0.5, 0.6) is 0 Å². The summed E-state index contributed by atoms with van der Waals surface area (Å²) in [5.74, 6) is -0.301. The van der Waals surface area contributed by atoms with E-state index in [1.54, 1.807) is 6.08 Å². The number of esters is 1. The van der Waals surface area contributed by atoms with E-state index >= 15 is 0 Å². The molecule has 0 amide bonds. The minimum absolute atomic E-state index is 0.301. The Kier molecular flexibility index (Phi) is 8.86. The van der Waals surface area contributed by atoms with E-state index < -0.39 is 0 Å². The first-order chi connectivity index (χ1) is 6.81. The van der Waals surface area contributed by atoms with Crippen molar-refractivity contribution in [2.75, 3.05) is 7.11 Å². The highest BCUT2D eigenvalue weighted by molar-refractivity contribution is 5.81. The number of ether oxygens (including phenoxy) is 1. The molecule has 0 N–H and O–H groups in total. The molecule has 2 nitrogen and oxygen atoms in total. The van der Waals surface area contributed by atoms with E-state index in [0.717, 1.165) is 25.7 Å². The van der Waals surface area contributed by atoms with Crippen LogP contribution in [0.1, 0.15) is 25.7 Å². The number of rotatable bonds is 7. The Morgan fingerprint density at radius 1 is 1.29 bits per heavy atom. The Balaban J connectivity index is 3.38. The molecule has 0 radical (unpaired) electrons. The predicted molar refractivity (Wildman–Crippen MR) is 59.0 cm³/mol. The molecule has 0 aliphatic carbocycles. The normalized spacial score (nSPS) is 10.9. The molecule has 0 saturated carbocycles. The summed E-state index contributed by atoms with van der Waals surface area (Å²) in [6.45, 7) is 3.65. The Hall–Kier alpha value is -1.31. The minimum atomic E-state index is -0.301. The van der Waals surface area contributed by atoms with E-state index in [1.165, 1.54) is 13.2 Å². The van der Waals surface area contributed by atoms with Crippen LogP contribution in [0.2, 0.25) is 0 Å². The van der Waals surface area contributed by atoms with Crippen LogP contribution in [0.4, 0.5) is 0 Å². The van der Waals surface area contributed by atoms with Gasteiger partial charge in [0, 0.05) is 6.08 Å². The molecule has 0 bridgehead atoms. The maximum absolute atomic E-state index is 10.6. The van der Waals surface area contributed by atoms with Crippen LogP contribution in [0.15, 0.2) is 37.0 Å². The molecular weight excluding hydrogens is 176 g/mol. The van der Waals surface area contributed by atoms with Crippen molar-refractivity contribution in [2.45, 2.75) is 25.7 Å². The molecule has 0 aromatic carbocycles. The van der Waals surface area contributed by atoms with Crippen molar-refractivity contribution in [2.24, 2.45) is 0 Å². The highest BCUT2D eigenvalue weighted by Crippen LogP contribution is 1.98. The molecule has 0 saturated heterocycles. The van der Waals surface area contributed by atoms with Gasteiger partial charge < -0.3 is 4.74 Å². The third-order valence-corrected chi connectivity index (χ3v) is 1.67. The molecule has 2 heteroatoms. The first-order valence-corrected chi connectivity index (χ1v) is 4.81. The second-order valence-electron chi connectivity index (χ2n) is 2.85. The molecule has 0 aliphatic rings. The Morgan fingerprint density at radius 3 is 2.71 bits per heavy atom. The number of hydrogen-bond acceptors (Lipinski definition) is 2. The zero-order valence-corrected chi connectivity index (χ0v) is 8.74. The van der Waals surface area contributed by atoms with E-state index in [1.807, 2.05) is 12.2 Å². The van der Waals surface area contributed by atoms with Crippen LogP contribution < -0.4 is 0 Å². The van der Waals surface area contributed by atoms with Gasteiger partial charge in [0.25, 0.3) is 0 Å². The van der Waals surface area contributed by atoms with Crippen molar-refractivity contribution in [3.05, 3.63) is 37.0 Å². The van der Waals surface area contributed by atoms with Gasteiger partial charge in [-0.15, -0.1) is 6.58 Å². The lowest BCUT2D eigenvalue weighted by molar-refractivity contribution is -0.134. The maximum atomic E-state index is 10.6. The summed E-state index contributed by atoms with van der Waals surface area (Å²) in [5, 5.41) is 0. The monoisotopic (exact) mass is 194 g/mol. The summed E-state index contributed by atoms with van der Waals surface area (Å²) < 4.78 is 4.45.